The van der Waals surface area contributed by atoms with E-state index in [-0.39, 0.29) is 27.1 Å². The zero-order valence-electron chi connectivity index (χ0n) is 44.8. The molecule has 3 aliphatic rings. The summed E-state index contributed by atoms with van der Waals surface area (Å²) in [5.41, 5.74) is 22.0. The van der Waals surface area contributed by atoms with Crippen molar-refractivity contribution < 1.29 is 8.83 Å². The molecule has 5 heterocycles. The summed E-state index contributed by atoms with van der Waals surface area (Å²) in [5, 5.41) is 14.0. The van der Waals surface area contributed by atoms with Crippen molar-refractivity contribution in [3.8, 4) is 16.8 Å². The van der Waals surface area contributed by atoms with Crippen LogP contribution in [0.25, 0.3) is 103 Å². The number of furan rings is 2. The second-order valence-electron chi connectivity index (χ2n) is 26.3. The number of benzene rings is 8. The van der Waals surface area contributed by atoms with Gasteiger partial charge in [0, 0.05) is 80.7 Å². The van der Waals surface area contributed by atoms with Crippen LogP contribution in [0.2, 0.25) is 0 Å². The first-order valence-corrected chi connectivity index (χ1v) is 27.9. The van der Waals surface area contributed by atoms with Gasteiger partial charge in [-0.05, 0) is 159 Å². The number of rotatable bonds is 3. The fourth-order valence-corrected chi connectivity index (χ4v) is 15.2. The van der Waals surface area contributed by atoms with Gasteiger partial charge in [-0.15, -0.1) is 11.3 Å². The number of nitrogens with one attached hydrogen (secondary N) is 1. The molecule has 6 heteroatoms. The molecule has 0 saturated carbocycles. The van der Waals surface area contributed by atoms with Crippen molar-refractivity contribution in [3.63, 3.8) is 0 Å². The van der Waals surface area contributed by atoms with E-state index in [4.69, 9.17) is 8.83 Å². The first-order valence-electron chi connectivity index (χ1n) is 27.1. The smallest absolute Gasteiger partial charge is 0.198 e. The average Bonchev–Trinajstić information content (AvgIpc) is 4.12. The van der Waals surface area contributed by atoms with Gasteiger partial charge in [0.25, 0.3) is 0 Å². The molecular weight excluding hydrogens is 920 g/mol. The minimum absolute atomic E-state index is 0.0260. The molecule has 8 aromatic carbocycles. The number of nitrogens with zero attached hydrogens (tertiary/aromatic N) is 1. The topological polar surface area (TPSA) is 43.2 Å². The van der Waals surface area contributed by atoms with E-state index in [1.165, 1.54) is 105 Å². The zero-order valence-corrected chi connectivity index (χ0v) is 45.6. The Morgan fingerprint density at radius 2 is 1.12 bits per heavy atom. The average molecular weight is 983 g/mol. The highest BCUT2D eigenvalue weighted by Gasteiger charge is 2.41. The first kappa shape index (κ1) is 44.7. The summed E-state index contributed by atoms with van der Waals surface area (Å²) >= 11 is 1.93. The third-order valence-electron chi connectivity index (χ3n) is 18.7. The number of para-hydroxylation sites is 2. The van der Waals surface area contributed by atoms with Crippen LogP contribution >= 0.6 is 11.3 Å². The van der Waals surface area contributed by atoms with Gasteiger partial charge in [-0.2, -0.15) is 0 Å². The Hall–Kier alpha value is -6.76. The Morgan fingerprint density at radius 1 is 0.541 bits per heavy atom. The molecule has 0 fully saturated rings. The predicted octanol–water partition coefficient (Wildman–Crippen LogP) is 18.1. The van der Waals surface area contributed by atoms with Crippen LogP contribution in [0.15, 0.2) is 130 Å². The van der Waals surface area contributed by atoms with Crippen LogP contribution in [-0.4, -0.2) is 11.8 Å². The molecule has 0 spiro atoms. The maximum atomic E-state index is 7.47. The van der Waals surface area contributed by atoms with Gasteiger partial charge in [0.1, 0.15) is 22.3 Å². The number of aromatic nitrogens is 1. The molecular formula is C68H63BN2O2S. The molecule has 1 N–H and O–H groups in total. The molecule has 366 valence electrons. The Morgan fingerprint density at radius 3 is 1.80 bits per heavy atom. The van der Waals surface area contributed by atoms with E-state index >= 15 is 0 Å². The highest BCUT2D eigenvalue weighted by atomic mass is 32.1. The Labute approximate surface area is 438 Å². The second-order valence-corrected chi connectivity index (χ2v) is 27.3. The van der Waals surface area contributed by atoms with Crippen LogP contribution < -0.4 is 16.2 Å². The van der Waals surface area contributed by atoms with Crippen molar-refractivity contribution in [1.29, 1.82) is 0 Å². The van der Waals surface area contributed by atoms with Crippen LogP contribution in [0.5, 0.6) is 0 Å². The number of anilines is 2. The van der Waals surface area contributed by atoms with Gasteiger partial charge in [0.15, 0.2) is 7.28 Å². The van der Waals surface area contributed by atoms with Gasteiger partial charge < -0.3 is 18.7 Å². The molecule has 0 amide bonds. The Bertz CT molecular complexity index is 4460. The highest BCUT2D eigenvalue weighted by Crippen LogP contribution is 2.54. The van der Waals surface area contributed by atoms with Crippen molar-refractivity contribution in [3.05, 3.63) is 149 Å². The summed E-state index contributed by atoms with van der Waals surface area (Å²) in [6.45, 7) is 26.5. The number of thiophene rings is 1. The summed E-state index contributed by atoms with van der Waals surface area (Å²) in [6.07, 6.45) is 4.66. The van der Waals surface area contributed by atoms with Crippen LogP contribution in [0, 0.1) is 0 Å². The maximum absolute atomic E-state index is 7.47. The Balaban J connectivity index is 1.12. The van der Waals surface area contributed by atoms with Crippen molar-refractivity contribution in [2.24, 2.45) is 0 Å². The monoisotopic (exact) mass is 982 g/mol. The van der Waals surface area contributed by atoms with Crippen molar-refractivity contribution in [1.82, 2.24) is 4.57 Å². The second kappa shape index (κ2) is 14.5. The van der Waals surface area contributed by atoms with E-state index in [1.54, 1.807) is 0 Å². The van der Waals surface area contributed by atoms with Crippen LogP contribution in [0.3, 0.4) is 0 Å². The molecule has 0 saturated heterocycles. The quantitative estimate of drug-likeness (QED) is 0.179. The van der Waals surface area contributed by atoms with Crippen LogP contribution in [-0.2, 0) is 27.1 Å². The number of hydrogen-bond acceptors (Lipinski definition) is 4. The van der Waals surface area contributed by atoms with E-state index in [9.17, 15) is 0 Å². The first-order chi connectivity index (χ1) is 35.2. The molecule has 4 nitrogen and oxygen atoms in total. The third-order valence-corrected chi connectivity index (χ3v) is 19.8. The maximum Gasteiger partial charge on any atom is 0.198 e. The van der Waals surface area contributed by atoms with E-state index in [0.29, 0.717) is 7.28 Å². The SMILES string of the molecule is CC(C)(C)c1ccc(Nc2cc3sc4cc5c(cc4c3cc2-c2c3c4c(c6cc7c(cc6n4-c4cc6c(cc4B3)oc3ccccc36)C(C)(C)CCC7(C)C)c3c2oc2ccccc23)C(C)(C)CCC5(C)C)cc1. The van der Waals surface area contributed by atoms with Gasteiger partial charge in [0.2, 0.25) is 0 Å². The molecule has 12 aromatic rings. The van der Waals surface area contributed by atoms with Crippen molar-refractivity contribution in [2.75, 3.05) is 5.32 Å². The summed E-state index contributed by atoms with van der Waals surface area (Å²) < 4.78 is 19.5. The summed E-state index contributed by atoms with van der Waals surface area (Å²) in [7, 11) is 0.715. The standard InChI is InChI=1S/C68H63BN2O2S/c1-64(2,3)36-20-22-37(23-21-36)70-50-35-57-41(42-29-45-48(33-56(42)74-57)68(10,11)27-25-65(45,4)5)28-43(50)60-61-62-58(59-39-17-13-15-19-54(39)73-63(59)60)44-30-46-47(67(8,9)26-24-66(46,6)7)32-51(44)71(62)52-31-40-38-16-12-14-18-53(38)72-55(40)34-49(52)69-61/h12-23,28-35,69-70H,24-27H2,1-11H3. The lowest BCUT2D eigenvalue weighted by Gasteiger charge is -2.42. The minimum Gasteiger partial charge on any atom is -0.456 e. The van der Waals surface area contributed by atoms with E-state index in [2.05, 4.69) is 207 Å². The van der Waals surface area contributed by atoms with Gasteiger partial charge in [-0.3, -0.25) is 0 Å². The largest absolute Gasteiger partial charge is 0.456 e. The molecule has 4 aromatic heterocycles. The molecule has 74 heavy (non-hydrogen) atoms. The lowest BCUT2D eigenvalue weighted by atomic mass is 9.58. The van der Waals surface area contributed by atoms with Gasteiger partial charge in [0.05, 0.1) is 11.0 Å². The molecule has 1 aliphatic heterocycles. The lowest BCUT2D eigenvalue weighted by Crippen LogP contribution is -2.37. The third kappa shape index (κ3) is 6.15. The van der Waals surface area contributed by atoms with E-state index in [0.717, 1.165) is 73.8 Å². The normalized spacial score (nSPS) is 17.4. The molecule has 0 bridgehead atoms. The summed E-state index contributed by atoms with van der Waals surface area (Å²) in [6, 6.07) is 46.5. The van der Waals surface area contributed by atoms with Gasteiger partial charge in [-0.25, -0.2) is 0 Å². The van der Waals surface area contributed by atoms with Crippen LogP contribution in [0.4, 0.5) is 11.4 Å². The van der Waals surface area contributed by atoms with E-state index < -0.39 is 0 Å². The van der Waals surface area contributed by atoms with Gasteiger partial charge in [-0.1, -0.05) is 130 Å². The molecule has 0 unspecified atom stereocenters. The summed E-state index contributed by atoms with van der Waals surface area (Å²) in [4.78, 5) is 0. The lowest BCUT2D eigenvalue weighted by molar-refractivity contribution is 0.332. The zero-order chi connectivity index (χ0) is 50.7. The number of hydrogen-bond donors (Lipinski definition) is 1. The Kier molecular flexibility index (Phi) is 8.79. The molecule has 0 radical (unpaired) electrons. The summed E-state index contributed by atoms with van der Waals surface area (Å²) in [5.74, 6) is 0. The highest BCUT2D eigenvalue weighted by molar-refractivity contribution is 7.25. The predicted molar refractivity (Wildman–Crippen MR) is 319 cm³/mol. The molecule has 0 atom stereocenters. The fourth-order valence-electron chi connectivity index (χ4n) is 14.1. The molecule has 15 rings (SSSR count). The van der Waals surface area contributed by atoms with E-state index in [1.807, 2.05) is 11.3 Å². The minimum atomic E-state index is 0.0260. The molecule has 2 aliphatic carbocycles. The van der Waals surface area contributed by atoms with Crippen molar-refractivity contribution >= 4 is 127 Å². The fraction of sp³-hybridized carbons (Fsp3) is 0.294. The number of fused-ring (bicyclic) bond motifs is 17. The van der Waals surface area contributed by atoms with Crippen LogP contribution in [0.1, 0.15) is 130 Å². The van der Waals surface area contributed by atoms with Crippen molar-refractivity contribution in [2.45, 2.75) is 129 Å². The van der Waals surface area contributed by atoms with Gasteiger partial charge >= 0.3 is 0 Å².